The minimum absolute atomic E-state index is 0.0556. The van der Waals surface area contributed by atoms with Crippen LogP contribution in [0.1, 0.15) is 32.0 Å². The van der Waals surface area contributed by atoms with E-state index in [9.17, 15) is 9.59 Å². The number of fused-ring (bicyclic) bond motifs is 1. The summed E-state index contributed by atoms with van der Waals surface area (Å²) in [5.74, 6) is 0.672. The number of hydrogen-bond acceptors (Lipinski definition) is 5. The van der Waals surface area contributed by atoms with Crippen molar-refractivity contribution in [1.29, 1.82) is 0 Å². The Kier molecular flexibility index (Phi) is 6.86. The predicted molar refractivity (Wildman–Crippen MR) is 130 cm³/mol. The number of nitrogens with zero attached hydrogens (tertiary/aromatic N) is 4. The summed E-state index contributed by atoms with van der Waals surface area (Å²) in [5.41, 5.74) is 1.79. The molecule has 3 heterocycles. The molecule has 0 N–H and O–H groups in total. The van der Waals surface area contributed by atoms with Gasteiger partial charge in [-0.05, 0) is 5.56 Å². The molecule has 0 spiro atoms. The molecule has 2 aliphatic rings. The Morgan fingerprint density at radius 2 is 1.88 bits per heavy atom. The van der Waals surface area contributed by atoms with Crippen molar-refractivity contribution in [1.82, 2.24) is 19.4 Å². The Bertz CT molecular complexity index is 1030. The summed E-state index contributed by atoms with van der Waals surface area (Å²) in [6.07, 6.45) is 4.33. The van der Waals surface area contributed by atoms with E-state index in [1.54, 1.807) is 10.6 Å². The van der Waals surface area contributed by atoms with Crippen LogP contribution in [0.5, 0.6) is 0 Å². The number of carbonyl (C=O) groups is 1. The lowest BCUT2D eigenvalue weighted by Crippen LogP contribution is -2.51. The first-order valence-corrected chi connectivity index (χ1v) is 12.3. The van der Waals surface area contributed by atoms with E-state index < -0.39 is 0 Å². The Morgan fingerprint density at radius 3 is 2.56 bits per heavy atom. The van der Waals surface area contributed by atoms with E-state index >= 15 is 0 Å². The van der Waals surface area contributed by atoms with Gasteiger partial charge in [-0.2, -0.15) is 0 Å². The maximum Gasteiger partial charge on any atom is 0.254 e. The molecule has 1 saturated heterocycles. The molecular weight excluding hydrogens is 420 g/mol. The predicted octanol–water partition coefficient (Wildman–Crippen LogP) is 3.12. The molecule has 1 aromatic carbocycles. The SMILES string of the molecule is CC(C)(C)c1cc(=O)n2c(n1)SCC(C(=O)N1CCN(C/C=C/c3ccccc3)CC1)C2. The van der Waals surface area contributed by atoms with Gasteiger partial charge in [-0.15, -0.1) is 0 Å². The third kappa shape index (κ3) is 5.33. The van der Waals surface area contributed by atoms with E-state index in [-0.39, 0.29) is 22.8 Å². The summed E-state index contributed by atoms with van der Waals surface area (Å²) < 4.78 is 1.68. The van der Waals surface area contributed by atoms with Gasteiger partial charge in [-0.3, -0.25) is 19.1 Å². The number of amides is 1. The van der Waals surface area contributed by atoms with Crippen molar-refractivity contribution in [3.63, 3.8) is 0 Å². The first-order chi connectivity index (χ1) is 15.3. The Morgan fingerprint density at radius 1 is 1.16 bits per heavy atom. The summed E-state index contributed by atoms with van der Waals surface area (Å²) in [4.78, 5) is 34.9. The van der Waals surface area contributed by atoms with Gasteiger partial charge >= 0.3 is 0 Å². The molecule has 0 bridgehead atoms. The molecule has 1 aromatic heterocycles. The van der Waals surface area contributed by atoms with E-state index in [4.69, 9.17) is 4.98 Å². The highest BCUT2D eigenvalue weighted by Gasteiger charge is 2.32. The van der Waals surface area contributed by atoms with E-state index in [2.05, 4.69) is 50.0 Å². The maximum atomic E-state index is 13.2. The van der Waals surface area contributed by atoms with Gasteiger partial charge in [0.1, 0.15) is 0 Å². The lowest BCUT2D eigenvalue weighted by molar-refractivity contribution is -0.137. The van der Waals surface area contributed by atoms with Crippen LogP contribution in [0, 0.1) is 5.92 Å². The van der Waals surface area contributed by atoms with Gasteiger partial charge in [0.2, 0.25) is 5.91 Å². The number of piperazine rings is 1. The number of thioether (sulfide) groups is 1. The summed E-state index contributed by atoms with van der Waals surface area (Å²) in [7, 11) is 0. The summed E-state index contributed by atoms with van der Waals surface area (Å²) in [5, 5.41) is 0.737. The minimum atomic E-state index is -0.169. The van der Waals surface area contributed by atoms with E-state index in [0.717, 1.165) is 43.6 Å². The molecule has 0 radical (unpaired) electrons. The summed E-state index contributed by atoms with van der Waals surface area (Å²) in [6.45, 7) is 10.7. The Labute approximate surface area is 194 Å². The molecule has 1 unspecified atom stereocenters. The molecule has 2 aliphatic heterocycles. The molecule has 7 heteroatoms. The highest BCUT2D eigenvalue weighted by molar-refractivity contribution is 7.99. The van der Waals surface area contributed by atoms with Crippen molar-refractivity contribution in [2.24, 2.45) is 5.92 Å². The van der Waals surface area contributed by atoms with Crippen molar-refractivity contribution < 1.29 is 4.79 Å². The van der Waals surface area contributed by atoms with Crippen LogP contribution in [-0.2, 0) is 16.8 Å². The molecule has 1 fully saturated rings. The average molecular weight is 453 g/mol. The van der Waals surface area contributed by atoms with Crippen LogP contribution in [-0.4, -0.2) is 63.7 Å². The molecule has 2 aromatic rings. The molecule has 0 aliphatic carbocycles. The fourth-order valence-corrected chi connectivity index (χ4v) is 5.14. The first-order valence-electron chi connectivity index (χ1n) is 11.3. The Hall–Kier alpha value is -2.38. The van der Waals surface area contributed by atoms with Crippen LogP contribution in [0.4, 0.5) is 0 Å². The van der Waals surface area contributed by atoms with Crippen molar-refractivity contribution >= 4 is 23.7 Å². The van der Waals surface area contributed by atoms with Gasteiger partial charge in [0.15, 0.2) is 5.16 Å². The van der Waals surface area contributed by atoms with Crippen LogP contribution in [0.15, 0.2) is 52.4 Å². The smallest absolute Gasteiger partial charge is 0.254 e. The monoisotopic (exact) mass is 452 g/mol. The molecule has 32 heavy (non-hydrogen) atoms. The van der Waals surface area contributed by atoms with Crippen molar-refractivity contribution in [2.45, 2.75) is 37.9 Å². The average Bonchev–Trinajstić information content (AvgIpc) is 2.79. The topological polar surface area (TPSA) is 58.4 Å². The van der Waals surface area contributed by atoms with Crippen LogP contribution >= 0.6 is 11.8 Å². The zero-order chi connectivity index (χ0) is 22.7. The number of carbonyl (C=O) groups excluding carboxylic acids is 1. The van der Waals surface area contributed by atoms with Crippen molar-refractivity contribution in [2.75, 3.05) is 38.5 Å². The summed E-state index contributed by atoms with van der Waals surface area (Å²) in [6, 6.07) is 11.9. The fraction of sp³-hybridized carbons (Fsp3) is 0.480. The Balaban J connectivity index is 1.32. The second-order valence-corrected chi connectivity index (χ2v) is 10.6. The molecule has 1 atom stereocenters. The standard InChI is InChI=1S/C25H32N4O2S/c1-25(2,3)21-16-22(30)29-17-20(18-32-24(29)26-21)23(31)28-14-12-27(13-15-28)11-7-10-19-8-5-4-6-9-19/h4-10,16,20H,11-15,17-18H2,1-3H3/b10-7+. The van der Waals surface area contributed by atoms with Gasteiger partial charge in [0.25, 0.3) is 5.56 Å². The normalized spacial score (nSPS) is 19.8. The second kappa shape index (κ2) is 9.63. The summed E-state index contributed by atoms with van der Waals surface area (Å²) >= 11 is 1.53. The van der Waals surface area contributed by atoms with Crippen LogP contribution in [0.3, 0.4) is 0 Å². The van der Waals surface area contributed by atoms with Gasteiger partial charge in [0, 0.05) is 56.5 Å². The number of rotatable bonds is 4. The molecular formula is C25H32N4O2S. The van der Waals surface area contributed by atoms with Gasteiger partial charge in [0.05, 0.1) is 11.6 Å². The molecule has 0 saturated carbocycles. The lowest BCUT2D eigenvalue weighted by Gasteiger charge is -2.37. The fourth-order valence-electron chi connectivity index (χ4n) is 4.06. The highest BCUT2D eigenvalue weighted by atomic mass is 32.2. The number of hydrogen-bond donors (Lipinski definition) is 0. The van der Waals surface area contributed by atoms with Crippen molar-refractivity contribution in [3.05, 3.63) is 64.1 Å². The van der Waals surface area contributed by atoms with Gasteiger partial charge in [-0.25, -0.2) is 4.98 Å². The van der Waals surface area contributed by atoms with Crippen LogP contribution in [0.25, 0.3) is 6.08 Å². The van der Waals surface area contributed by atoms with Crippen LogP contribution < -0.4 is 5.56 Å². The minimum Gasteiger partial charge on any atom is -0.340 e. The van der Waals surface area contributed by atoms with Crippen molar-refractivity contribution in [3.8, 4) is 0 Å². The molecule has 1 amide bonds. The van der Waals surface area contributed by atoms with E-state index in [0.29, 0.717) is 12.3 Å². The molecule has 6 nitrogen and oxygen atoms in total. The number of aromatic nitrogens is 2. The highest BCUT2D eigenvalue weighted by Crippen LogP contribution is 2.29. The third-order valence-electron chi connectivity index (χ3n) is 6.06. The first kappa shape index (κ1) is 22.8. The molecule has 4 rings (SSSR count). The third-order valence-corrected chi connectivity index (χ3v) is 7.20. The van der Waals surface area contributed by atoms with Gasteiger partial charge in [-0.1, -0.05) is 75.0 Å². The second-order valence-electron chi connectivity index (χ2n) is 9.57. The largest absolute Gasteiger partial charge is 0.340 e. The zero-order valence-electron chi connectivity index (χ0n) is 19.2. The lowest BCUT2D eigenvalue weighted by atomic mass is 9.92. The molecule has 170 valence electrons. The quantitative estimate of drug-likeness (QED) is 0.667. The number of benzene rings is 1. The van der Waals surface area contributed by atoms with E-state index in [1.165, 1.54) is 17.3 Å². The zero-order valence-corrected chi connectivity index (χ0v) is 20.0. The van der Waals surface area contributed by atoms with Gasteiger partial charge < -0.3 is 4.90 Å². The maximum absolute atomic E-state index is 13.2. The van der Waals surface area contributed by atoms with E-state index in [1.807, 2.05) is 23.1 Å². The van der Waals surface area contributed by atoms with Crippen LogP contribution in [0.2, 0.25) is 0 Å².